The predicted octanol–water partition coefficient (Wildman–Crippen LogP) is 23.0. The molecule has 0 amide bonds. The van der Waals surface area contributed by atoms with Gasteiger partial charge in [0.2, 0.25) is 0 Å². The van der Waals surface area contributed by atoms with E-state index in [1.54, 1.807) is 0 Å². The number of rotatable bonds is 60. The Bertz CT molecular complexity index is 1590. The zero-order valence-electron chi connectivity index (χ0n) is 51.9. The standard InChI is InChI=1S/C73H124O6/c1-4-7-10-13-16-19-22-25-27-29-31-33-35-36-38-39-41-43-45-48-51-54-57-60-63-66-72(75)78-69-70(68-77-71(74)65-62-59-56-53-50-47-24-21-18-15-12-9-6-3)79-73(76)67-64-61-58-55-52-49-46-44-42-40-37-34-32-30-28-26-23-20-17-14-11-8-5-2/h8,11,17,20,22,25-26,28-29,31-32,34,40,42,46,49,55,58,70H,4-7,9-10,12-16,18-19,21,23-24,27,30,33,35-39,41,43-45,47-48,50-54,56-57,59-69H2,1-3H3/b11-8-,20-17-,25-22-,28-26-,31-29-,34-32-,42-40-,49-46-,58-55-. The molecule has 452 valence electrons. The van der Waals surface area contributed by atoms with Crippen LogP contribution >= 0.6 is 0 Å². The van der Waals surface area contributed by atoms with Crippen LogP contribution in [0, 0.1) is 0 Å². The van der Waals surface area contributed by atoms with Crippen LogP contribution < -0.4 is 0 Å². The van der Waals surface area contributed by atoms with Gasteiger partial charge < -0.3 is 14.2 Å². The summed E-state index contributed by atoms with van der Waals surface area (Å²) in [6.45, 7) is 6.50. The molecule has 0 radical (unpaired) electrons. The van der Waals surface area contributed by atoms with Gasteiger partial charge in [-0.25, -0.2) is 0 Å². The molecule has 1 unspecified atom stereocenters. The van der Waals surface area contributed by atoms with Crippen molar-refractivity contribution in [2.24, 2.45) is 0 Å². The Morgan fingerprint density at radius 2 is 0.506 bits per heavy atom. The van der Waals surface area contributed by atoms with Gasteiger partial charge in [-0.05, 0) is 103 Å². The molecular formula is C73H124O6. The summed E-state index contributed by atoms with van der Waals surface area (Å²) in [6, 6.07) is 0. The van der Waals surface area contributed by atoms with Crippen molar-refractivity contribution < 1.29 is 28.6 Å². The van der Waals surface area contributed by atoms with Crippen molar-refractivity contribution >= 4 is 17.9 Å². The van der Waals surface area contributed by atoms with Gasteiger partial charge in [0.15, 0.2) is 6.10 Å². The molecular weight excluding hydrogens is 973 g/mol. The smallest absolute Gasteiger partial charge is 0.306 e. The molecule has 0 heterocycles. The van der Waals surface area contributed by atoms with Gasteiger partial charge >= 0.3 is 17.9 Å². The average molecular weight is 1100 g/mol. The fraction of sp³-hybridized carbons (Fsp3) is 0.712. The number of esters is 3. The van der Waals surface area contributed by atoms with Crippen LogP contribution in [-0.2, 0) is 28.6 Å². The molecule has 79 heavy (non-hydrogen) atoms. The Kier molecular flexibility index (Phi) is 63.3. The lowest BCUT2D eigenvalue weighted by molar-refractivity contribution is -0.167. The molecule has 0 bridgehead atoms. The van der Waals surface area contributed by atoms with Gasteiger partial charge in [-0.15, -0.1) is 0 Å². The van der Waals surface area contributed by atoms with E-state index in [1.165, 1.54) is 173 Å². The Hall–Kier alpha value is -3.93. The topological polar surface area (TPSA) is 78.9 Å². The average Bonchev–Trinajstić information content (AvgIpc) is 3.45. The molecule has 0 rings (SSSR count). The number of hydrogen-bond donors (Lipinski definition) is 0. The van der Waals surface area contributed by atoms with Crippen LogP contribution in [0.15, 0.2) is 109 Å². The van der Waals surface area contributed by atoms with E-state index < -0.39 is 6.10 Å². The minimum Gasteiger partial charge on any atom is -0.462 e. The summed E-state index contributed by atoms with van der Waals surface area (Å²) < 4.78 is 16.9. The largest absolute Gasteiger partial charge is 0.462 e. The molecule has 0 saturated carbocycles. The van der Waals surface area contributed by atoms with Crippen molar-refractivity contribution in [3.8, 4) is 0 Å². The number of unbranched alkanes of at least 4 members (excludes halogenated alkanes) is 31. The van der Waals surface area contributed by atoms with Crippen LogP contribution in [0.3, 0.4) is 0 Å². The fourth-order valence-electron chi connectivity index (χ4n) is 9.29. The highest BCUT2D eigenvalue weighted by molar-refractivity contribution is 5.71. The first kappa shape index (κ1) is 75.1. The summed E-state index contributed by atoms with van der Waals surface area (Å²) >= 11 is 0. The summed E-state index contributed by atoms with van der Waals surface area (Å²) in [5.74, 6) is -0.950. The maximum atomic E-state index is 12.9. The number of allylic oxidation sites excluding steroid dienone is 18. The predicted molar refractivity (Wildman–Crippen MR) is 343 cm³/mol. The molecule has 1 atom stereocenters. The third-order valence-electron chi connectivity index (χ3n) is 14.3. The second-order valence-electron chi connectivity index (χ2n) is 22.0. The minimum atomic E-state index is -0.810. The number of hydrogen-bond acceptors (Lipinski definition) is 6. The lowest BCUT2D eigenvalue weighted by Crippen LogP contribution is -2.30. The molecule has 0 aliphatic carbocycles. The van der Waals surface area contributed by atoms with Crippen molar-refractivity contribution in [3.05, 3.63) is 109 Å². The molecule has 0 spiro atoms. The van der Waals surface area contributed by atoms with Gasteiger partial charge in [-0.2, -0.15) is 0 Å². The maximum Gasteiger partial charge on any atom is 0.306 e. The molecule has 0 aliphatic rings. The lowest BCUT2D eigenvalue weighted by Gasteiger charge is -2.18. The second-order valence-corrected chi connectivity index (χ2v) is 22.0. The first-order valence-corrected chi connectivity index (χ1v) is 33.4. The van der Waals surface area contributed by atoms with Gasteiger partial charge in [0, 0.05) is 19.3 Å². The van der Waals surface area contributed by atoms with Crippen LogP contribution in [0.4, 0.5) is 0 Å². The summed E-state index contributed by atoms with van der Waals surface area (Å²) in [5, 5.41) is 0. The summed E-state index contributed by atoms with van der Waals surface area (Å²) in [5.41, 5.74) is 0. The summed E-state index contributed by atoms with van der Waals surface area (Å²) in [4.78, 5) is 38.3. The second kappa shape index (κ2) is 66.6. The fourth-order valence-corrected chi connectivity index (χ4v) is 9.29. The Morgan fingerprint density at radius 1 is 0.266 bits per heavy atom. The highest BCUT2D eigenvalue weighted by atomic mass is 16.6. The van der Waals surface area contributed by atoms with E-state index in [-0.39, 0.29) is 37.5 Å². The molecule has 0 N–H and O–H groups in total. The van der Waals surface area contributed by atoms with Gasteiger partial charge in [-0.1, -0.05) is 304 Å². The monoisotopic (exact) mass is 1100 g/mol. The zero-order chi connectivity index (χ0) is 57.1. The number of carbonyl (C=O) groups excluding carboxylic acids is 3. The molecule has 0 fully saturated rings. The van der Waals surface area contributed by atoms with Crippen LogP contribution in [0.5, 0.6) is 0 Å². The Labute approximate surface area is 489 Å². The first-order valence-electron chi connectivity index (χ1n) is 33.4. The van der Waals surface area contributed by atoms with E-state index in [4.69, 9.17) is 14.2 Å². The van der Waals surface area contributed by atoms with Crippen molar-refractivity contribution in [1.82, 2.24) is 0 Å². The quantitative estimate of drug-likeness (QED) is 0.0261. The Morgan fingerprint density at radius 3 is 0.810 bits per heavy atom. The molecule has 6 heteroatoms. The van der Waals surface area contributed by atoms with Crippen molar-refractivity contribution in [1.29, 1.82) is 0 Å². The molecule has 0 aromatic heterocycles. The van der Waals surface area contributed by atoms with E-state index >= 15 is 0 Å². The van der Waals surface area contributed by atoms with E-state index in [0.29, 0.717) is 19.3 Å². The van der Waals surface area contributed by atoms with Crippen molar-refractivity contribution in [2.45, 2.75) is 322 Å². The van der Waals surface area contributed by atoms with E-state index in [9.17, 15) is 14.4 Å². The van der Waals surface area contributed by atoms with Crippen molar-refractivity contribution in [3.63, 3.8) is 0 Å². The minimum absolute atomic E-state index is 0.0994. The third-order valence-corrected chi connectivity index (χ3v) is 14.3. The third kappa shape index (κ3) is 64.8. The van der Waals surface area contributed by atoms with Gasteiger partial charge in [-0.3, -0.25) is 14.4 Å². The van der Waals surface area contributed by atoms with Crippen LogP contribution in [-0.4, -0.2) is 37.2 Å². The highest BCUT2D eigenvalue weighted by Gasteiger charge is 2.19. The van der Waals surface area contributed by atoms with Gasteiger partial charge in [0.05, 0.1) is 0 Å². The van der Waals surface area contributed by atoms with Crippen LogP contribution in [0.2, 0.25) is 0 Å². The zero-order valence-corrected chi connectivity index (χ0v) is 51.9. The molecule has 6 nitrogen and oxygen atoms in total. The van der Waals surface area contributed by atoms with Gasteiger partial charge in [0.1, 0.15) is 13.2 Å². The molecule has 0 saturated heterocycles. The number of ether oxygens (including phenoxy) is 3. The lowest BCUT2D eigenvalue weighted by atomic mass is 10.0. The number of carbonyl (C=O) groups is 3. The van der Waals surface area contributed by atoms with Crippen molar-refractivity contribution in [2.75, 3.05) is 13.2 Å². The molecule has 0 aliphatic heterocycles. The van der Waals surface area contributed by atoms with E-state index in [0.717, 1.165) is 96.3 Å². The van der Waals surface area contributed by atoms with E-state index in [2.05, 4.69) is 130 Å². The highest BCUT2D eigenvalue weighted by Crippen LogP contribution is 2.16. The van der Waals surface area contributed by atoms with Gasteiger partial charge in [0.25, 0.3) is 0 Å². The summed E-state index contributed by atoms with van der Waals surface area (Å²) in [7, 11) is 0. The molecule has 0 aromatic carbocycles. The van der Waals surface area contributed by atoms with E-state index in [1.807, 2.05) is 0 Å². The van der Waals surface area contributed by atoms with Crippen LogP contribution in [0.1, 0.15) is 316 Å². The normalized spacial score (nSPS) is 12.8. The maximum absolute atomic E-state index is 12.9. The Balaban J connectivity index is 4.40. The molecule has 0 aromatic rings. The first-order chi connectivity index (χ1) is 39.0. The van der Waals surface area contributed by atoms with Crippen LogP contribution in [0.25, 0.3) is 0 Å². The summed E-state index contributed by atoms with van der Waals surface area (Å²) in [6.07, 6.45) is 91.1. The SMILES string of the molecule is CC/C=C\C/C=C\C/C=C\C/C=C\C/C=C\C/C=C\C/C=C\CCCC(=O)OC(COC(=O)CCCCCCCCCCCCCCC)COC(=O)CCCCCCCCCCCCCCC/C=C\C/C=C\CCCCCCC.